The largest absolute Gasteiger partial charge is 0.493 e. The lowest BCUT2D eigenvalue weighted by Gasteiger charge is -2.43. The van der Waals surface area contributed by atoms with Gasteiger partial charge in [-0.1, -0.05) is 55.5 Å². The molecule has 1 fully saturated rings. The van der Waals surface area contributed by atoms with Crippen LogP contribution in [0.15, 0.2) is 60.7 Å². The number of benzene rings is 3. The molecule has 2 heterocycles. The number of rotatable bonds is 13. The minimum absolute atomic E-state index is 0.0159. The lowest BCUT2D eigenvalue weighted by Crippen LogP contribution is -2.45. The number of nitrogens with one attached hydrogen (secondary N) is 1. The average Bonchev–Trinajstić information content (AvgIpc) is 3.07. The van der Waals surface area contributed by atoms with Gasteiger partial charge in [-0.15, -0.1) is 0 Å². The van der Waals surface area contributed by atoms with E-state index in [2.05, 4.69) is 29.3 Å². The van der Waals surface area contributed by atoms with Crippen LogP contribution in [0.25, 0.3) is 0 Å². The van der Waals surface area contributed by atoms with Gasteiger partial charge < -0.3 is 34.5 Å². The molecule has 5 rings (SSSR count). The van der Waals surface area contributed by atoms with Gasteiger partial charge in [-0.05, 0) is 52.8 Å². The summed E-state index contributed by atoms with van der Waals surface area (Å²) in [5.41, 5.74) is 6.18. The van der Waals surface area contributed by atoms with Gasteiger partial charge in [0.1, 0.15) is 0 Å². The fourth-order valence-electron chi connectivity index (χ4n) is 6.16. The van der Waals surface area contributed by atoms with Crippen LogP contribution in [-0.4, -0.2) is 60.4 Å². The summed E-state index contributed by atoms with van der Waals surface area (Å²) >= 11 is 0. The predicted molar refractivity (Wildman–Crippen MR) is 171 cm³/mol. The summed E-state index contributed by atoms with van der Waals surface area (Å²) in [5, 5.41) is 21.2. The average molecular weight is 633 g/mol. The first-order valence-corrected chi connectivity index (χ1v) is 15.8. The topological polar surface area (TPSA) is 127 Å². The van der Waals surface area contributed by atoms with Gasteiger partial charge in [-0.25, -0.2) is 0 Å². The zero-order valence-corrected chi connectivity index (χ0v) is 26.7. The van der Waals surface area contributed by atoms with Crippen molar-refractivity contribution < 1.29 is 38.7 Å². The number of carbonyl (C=O) groups is 2. The van der Waals surface area contributed by atoms with Crippen LogP contribution in [0.5, 0.6) is 11.5 Å². The van der Waals surface area contributed by atoms with Crippen LogP contribution in [0.3, 0.4) is 0 Å². The maximum absolute atomic E-state index is 12.1. The molecule has 0 saturated carbocycles. The molecule has 2 aliphatic rings. The van der Waals surface area contributed by atoms with Crippen molar-refractivity contribution in [3.8, 4) is 11.5 Å². The Bertz CT molecular complexity index is 1480. The molecule has 246 valence electrons. The molecule has 0 aliphatic carbocycles. The van der Waals surface area contributed by atoms with Gasteiger partial charge >= 0.3 is 5.97 Å². The van der Waals surface area contributed by atoms with Crippen molar-refractivity contribution >= 4 is 11.9 Å². The van der Waals surface area contributed by atoms with E-state index in [-0.39, 0.29) is 43.5 Å². The Morgan fingerprint density at radius 2 is 1.57 bits per heavy atom. The molecule has 0 spiro atoms. The van der Waals surface area contributed by atoms with Crippen LogP contribution in [0.1, 0.15) is 72.0 Å². The molecule has 0 aromatic heterocycles. The number of ether oxygens (including phenoxy) is 4. The maximum atomic E-state index is 12.1. The molecule has 0 radical (unpaired) electrons. The SMILES string of the molecule is COc1cc2c(cc1OC)CN(CC1OC(c3ccc(CNC(=O)CCCC(=O)O)cc3)OC(c3ccc(CO)cc3)C1C)CC2. The minimum atomic E-state index is -0.903. The second-order valence-corrected chi connectivity index (χ2v) is 12.0. The normalized spacial score (nSPS) is 21.3. The van der Waals surface area contributed by atoms with Crippen LogP contribution in [0, 0.1) is 5.92 Å². The van der Waals surface area contributed by atoms with E-state index < -0.39 is 12.3 Å². The second kappa shape index (κ2) is 15.6. The number of nitrogens with zero attached hydrogens (tertiary/aromatic N) is 1. The highest BCUT2D eigenvalue weighted by molar-refractivity contribution is 5.76. The number of methoxy groups -OCH3 is 2. The number of fused-ring (bicyclic) bond motifs is 1. The monoisotopic (exact) mass is 632 g/mol. The number of aliphatic hydroxyl groups is 1. The summed E-state index contributed by atoms with van der Waals surface area (Å²) in [4.78, 5) is 25.2. The number of aliphatic hydroxyl groups excluding tert-OH is 1. The van der Waals surface area contributed by atoms with Crippen molar-refractivity contribution in [2.45, 2.75) is 70.8 Å². The summed E-state index contributed by atoms with van der Waals surface area (Å²) in [6, 6.07) is 19.9. The summed E-state index contributed by atoms with van der Waals surface area (Å²) < 4.78 is 24.4. The van der Waals surface area contributed by atoms with Crippen LogP contribution >= 0.6 is 0 Å². The van der Waals surface area contributed by atoms with Gasteiger partial charge in [-0.3, -0.25) is 14.5 Å². The van der Waals surface area contributed by atoms with Crippen LogP contribution < -0.4 is 14.8 Å². The van der Waals surface area contributed by atoms with E-state index in [0.717, 1.165) is 59.8 Å². The number of aliphatic carboxylic acids is 1. The Labute approximate surface area is 270 Å². The van der Waals surface area contributed by atoms with Crippen molar-refractivity contribution in [1.29, 1.82) is 0 Å². The summed E-state index contributed by atoms with van der Waals surface area (Å²) in [5.74, 6) is 0.455. The van der Waals surface area contributed by atoms with E-state index in [0.29, 0.717) is 13.0 Å². The number of carbonyl (C=O) groups excluding carboxylic acids is 1. The quantitative estimate of drug-likeness (QED) is 0.241. The third-order valence-electron chi connectivity index (χ3n) is 8.89. The molecule has 4 atom stereocenters. The van der Waals surface area contributed by atoms with Gasteiger partial charge in [0.05, 0.1) is 33.0 Å². The number of carboxylic acid groups (broad SMARTS) is 1. The second-order valence-electron chi connectivity index (χ2n) is 12.0. The molecule has 1 amide bonds. The van der Waals surface area contributed by atoms with E-state index in [9.17, 15) is 14.7 Å². The molecule has 2 aliphatic heterocycles. The zero-order chi connectivity index (χ0) is 32.6. The van der Waals surface area contributed by atoms with E-state index in [1.807, 2.05) is 48.5 Å². The van der Waals surface area contributed by atoms with Crippen LogP contribution in [0.4, 0.5) is 0 Å². The molecular formula is C36H44N2O8. The molecule has 3 aromatic rings. The molecule has 4 unspecified atom stereocenters. The minimum Gasteiger partial charge on any atom is -0.493 e. The van der Waals surface area contributed by atoms with Crippen LogP contribution in [-0.2, 0) is 45.2 Å². The number of hydrogen-bond donors (Lipinski definition) is 3. The zero-order valence-electron chi connectivity index (χ0n) is 26.7. The molecule has 3 N–H and O–H groups in total. The molecule has 1 saturated heterocycles. The smallest absolute Gasteiger partial charge is 0.303 e. The van der Waals surface area contributed by atoms with Crippen molar-refractivity contribution in [2.24, 2.45) is 5.92 Å². The third-order valence-corrected chi connectivity index (χ3v) is 8.89. The summed E-state index contributed by atoms with van der Waals surface area (Å²) in [7, 11) is 3.32. The van der Waals surface area contributed by atoms with Crippen molar-refractivity contribution in [2.75, 3.05) is 27.3 Å². The Hall–Kier alpha value is -3.96. The number of carboxylic acids is 1. The molecule has 10 nitrogen and oxygen atoms in total. The Balaban J connectivity index is 1.30. The van der Waals surface area contributed by atoms with Gasteiger partial charge in [0.2, 0.25) is 5.91 Å². The molecular weight excluding hydrogens is 588 g/mol. The molecule has 46 heavy (non-hydrogen) atoms. The first-order chi connectivity index (χ1) is 22.3. The van der Waals surface area contributed by atoms with E-state index in [4.69, 9.17) is 24.1 Å². The molecule has 0 bridgehead atoms. The highest BCUT2D eigenvalue weighted by Crippen LogP contribution is 2.42. The van der Waals surface area contributed by atoms with E-state index in [1.165, 1.54) is 11.1 Å². The van der Waals surface area contributed by atoms with Crippen LogP contribution in [0.2, 0.25) is 0 Å². The third kappa shape index (κ3) is 8.24. The number of hydrogen-bond acceptors (Lipinski definition) is 8. The Morgan fingerprint density at radius 3 is 2.22 bits per heavy atom. The first-order valence-electron chi connectivity index (χ1n) is 15.8. The highest BCUT2D eigenvalue weighted by atomic mass is 16.7. The van der Waals surface area contributed by atoms with Crippen molar-refractivity contribution in [3.63, 3.8) is 0 Å². The van der Waals surface area contributed by atoms with Gasteiger partial charge in [0, 0.05) is 50.5 Å². The summed E-state index contributed by atoms with van der Waals surface area (Å²) in [6.45, 7) is 4.90. The van der Waals surface area contributed by atoms with Crippen molar-refractivity contribution in [1.82, 2.24) is 10.2 Å². The summed E-state index contributed by atoms with van der Waals surface area (Å²) in [6.07, 6.45) is 0.441. The molecule has 10 heteroatoms. The maximum Gasteiger partial charge on any atom is 0.303 e. The lowest BCUT2D eigenvalue weighted by atomic mass is 9.89. The van der Waals surface area contributed by atoms with E-state index >= 15 is 0 Å². The lowest BCUT2D eigenvalue weighted by molar-refractivity contribution is -0.276. The first kappa shape index (κ1) is 33.4. The Kier molecular flexibility index (Phi) is 11.3. The number of amides is 1. The highest BCUT2D eigenvalue weighted by Gasteiger charge is 2.39. The van der Waals surface area contributed by atoms with Crippen molar-refractivity contribution in [3.05, 3.63) is 94.0 Å². The van der Waals surface area contributed by atoms with Gasteiger partial charge in [0.25, 0.3) is 0 Å². The molecule has 3 aromatic carbocycles. The predicted octanol–water partition coefficient (Wildman–Crippen LogP) is 4.92. The fraction of sp³-hybridized carbons (Fsp3) is 0.444. The Morgan fingerprint density at radius 1 is 0.913 bits per heavy atom. The van der Waals surface area contributed by atoms with Gasteiger partial charge in [0.15, 0.2) is 17.8 Å². The van der Waals surface area contributed by atoms with E-state index in [1.54, 1.807) is 14.2 Å². The standard InChI is InChI=1S/C36H44N2O8/c1-23-32(21-38-16-15-28-17-30(43-2)31(44-3)18-29(28)20-38)45-36(46-35(23)26-11-9-25(22-39)10-12-26)27-13-7-24(8-14-27)19-37-33(40)5-4-6-34(41)42/h7-14,17-18,23,32,35-36,39H,4-6,15-16,19-22H2,1-3H3,(H,37,40)(H,41,42). The van der Waals surface area contributed by atoms with Gasteiger partial charge in [-0.2, -0.15) is 0 Å². The fourth-order valence-corrected chi connectivity index (χ4v) is 6.16.